The molecule has 2 N–H and O–H groups in total. The van der Waals surface area contributed by atoms with Crippen LogP contribution >= 0.6 is 0 Å². The molecule has 2 aromatic heterocycles. The Morgan fingerprint density at radius 2 is 2.04 bits per heavy atom. The van der Waals surface area contributed by atoms with Crippen molar-refractivity contribution in [1.29, 1.82) is 0 Å². The van der Waals surface area contributed by atoms with E-state index in [4.69, 9.17) is 5.11 Å². The summed E-state index contributed by atoms with van der Waals surface area (Å²) < 4.78 is 41.0. The molecule has 2 aromatic rings. The number of halogens is 3. The molecule has 0 aromatic carbocycles. The molecule has 0 unspecified atom stereocenters. The van der Waals surface area contributed by atoms with Gasteiger partial charge in [0.05, 0.1) is 0 Å². The van der Waals surface area contributed by atoms with Crippen LogP contribution in [0, 0.1) is 0 Å². The molecule has 1 amide bonds. The second kappa shape index (κ2) is 7.41. The molecule has 1 aliphatic carbocycles. The molecule has 1 aliphatic rings. The van der Waals surface area contributed by atoms with Crippen molar-refractivity contribution < 1.29 is 27.9 Å². The maximum absolute atomic E-state index is 12.8. The van der Waals surface area contributed by atoms with Crippen molar-refractivity contribution in [3.8, 4) is 0 Å². The largest absolute Gasteiger partial charge is 0.480 e. The number of aryl methyl sites for hydroxylation is 1. The first-order valence-corrected chi connectivity index (χ1v) is 8.42. The zero-order chi connectivity index (χ0) is 19.6. The van der Waals surface area contributed by atoms with Crippen molar-refractivity contribution in [3.05, 3.63) is 35.4 Å². The van der Waals surface area contributed by atoms with E-state index in [0.29, 0.717) is 12.1 Å². The first kappa shape index (κ1) is 18.9. The first-order chi connectivity index (χ1) is 12.7. The van der Waals surface area contributed by atoms with E-state index >= 15 is 0 Å². The summed E-state index contributed by atoms with van der Waals surface area (Å²) in [5.74, 6) is -1.42. The van der Waals surface area contributed by atoms with E-state index in [1.54, 1.807) is 0 Å². The molecule has 11 heteroatoms. The number of carbonyl (C=O) groups is 2. The number of hydrogen-bond acceptors (Lipinski definition) is 4. The van der Waals surface area contributed by atoms with E-state index in [1.807, 2.05) is 0 Å². The Bertz CT molecular complexity index is 839. The Hall–Kier alpha value is -2.85. The van der Waals surface area contributed by atoms with Crippen molar-refractivity contribution in [2.24, 2.45) is 0 Å². The number of carboxylic acids is 1. The van der Waals surface area contributed by atoms with Crippen molar-refractivity contribution in [2.45, 2.75) is 44.4 Å². The molecule has 2 heterocycles. The van der Waals surface area contributed by atoms with Crippen LogP contribution in [-0.4, -0.2) is 43.1 Å². The summed E-state index contributed by atoms with van der Waals surface area (Å²) in [4.78, 5) is 22.6. The minimum Gasteiger partial charge on any atom is -0.480 e. The van der Waals surface area contributed by atoms with E-state index in [9.17, 15) is 22.8 Å². The second-order valence-corrected chi connectivity index (χ2v) is 6.35. The number of hydrogen-bond donors (Lipinski definition) is 2. The third-order valence-electron chi connectivity index (χ3n) is 4.10. The lowest BCUT2D eigenvalue weighted by atomic mass is 10.2. The van der Waals surface area contributed by atoms with Gasteiger partial charge in [-0.2, -0.15) is 23.4 Å². The number of rotatable bonds is 8. The van der Waals surface area contributed by atoms with Crippen molar-refractivity contribution in [1.82, 2.24) is 24.9 Å². The summed E-state index contributed by atoms with van der Waals surface area (Å²) in [5.41, 5.74) is -0.230. The summed E-state index contributed by atoms with van der Waals surface area (Å²) in [6.07, 6.45) is -0.969. The molecule has 8 nitrogen and oxygen atoms in total. The molecule has 0 atom stereocenters. The number of amides is 1. The Balaban J connectivity index is 1.51. The van der Waals surface area contributed by atoms with E-state index in [0.717, 1.165) is 23.6 Å². The zero-order valence-electron chi connectivity index (χ0n) is 14.2. The number of aliphatic carboxylic acids is 1. The molecule has 146 valence electrons. The third-order valence-corrected chi connectivity index (χ3v) is 4.10. The van der Waals surface area contributed by atoms with Gasteiger partial charge in [0.25, 0.3) is 5.91 Å². The van der Waals surface area contributed by atoms with Gasteiger partial charge in [-0.05, 0) is 31.4 Å². The first-order valence-electron chi connectivity index (χ1n) is 8.42. The average Bonchev–Trinajstić information content (AvgIpc) is 3.14. The normalized spacial score (nSPS) is 14.3. The molecule has 3 rings (SSSR count). The van der Waals surface area contributed by atoms with E-state index in [1.165, 1.54) is 16.9 Å². The minimum absolute atomic E-state index is 0.0772. The summed E-state index contributed by atoms with van der Waals surface area (Å²) in [6, 6.07) is 2.50. The molecule has 1 fully saturated rings. The average molecular weight is 385 g/mol. The van der Waals surface area contributed by atoms with Crippen molar-refractivity contribution >= 4 is 11.9 Å². The summed E-state index contributed by atoms with van der Waals surface area (Å²) in [6.45, 7) is 0.143. The van der Waals surface area contributed by atoms with Gasteiger partial charge < -0.3 is 10.4 Å². The molecule has 0 aliphatic heterocycles. The molecule has 1 saturated carbocycles. The van der Waals surface area contributed by atoms with Crippen molar-refractivity contribution in [3.63, 3.8) is 0 Å². The topological polar surface area (TPSA) is 102 Å². The van der Waals surface area contributed by atoms with Gasteiger partial charge in [-0.1, -0.05) is 0 Å². The lowest BCUT2D eigenvalue weighted by Crippen LogP contribution is -2.26. The number of nitrogens with zero attached hydrogens (tertiary/aromatic N) is 4. The van der Waals surface area contributed by atoms with Gasteiger partial charge in [0, 0.05) is 30.9 Å². The van der Waals surface area contributed by atoms with Crippen LogP contribution in [-0.2, 0) is 24.1 Å². The maximum Gasteiger partial charge on any atom is 0.435 e. The van der Waals surface area contributed by atoms with E-state index < -0.39 is 23.7 Å². The number of alkyl halides is 3. The Morgan fingerprint density at radius 3 is 2.67 bits per heavy atom. The number of aromatic nitrogens is 4. The van der Waals surface area contributed by atoms with Crippen LogP contribution in [0.15, 0.2) is 18.3 Å². The molecule has 0 bridgehead atoms. The molecular formula is C16H18F3N5O3. The highest BCUT2D eigenvalue weighted by molar-refractivity contribution is 5.92. The van der Waals surface area contributed by atoms with Gasteiger partial charge in [0.15, 0.2) is 5.69 Å². The number of nitrogens with one attached hydrogen (secondary N) is 1. The monoisotopic (exact) mass is 385 g/mol. The van der Waals surface area contributed by atoms with Gasteiger partial charge in [-0.3, -0.25) is 19.0 Å². The SMILES string of the molecule is O=C(O)Cn1ccc(C(=O)NCCCn2nc(C(F)(F)F)cc2C2CC2)n1. The van der Waals surface area contributed by atoms with Crippen molar-refractivity contribution in [2.75, 3.05) is 6.54 Å². The minimum atomic E-state index is -4.47. The molecular weight excluding hydrogens is 367 g/mol. The summed E-state index contributed by atoms with van der Waals surface area (Å²) in [5, 5.41) is 18.8. The summed E-state index contributed by atoms with van der Waals surface area (Å²) >= 11 is 0. The predicted molar refractivity (Wildman–Crippen MR) is 86.0 cm³/mol. The van der Waals surface area contributed by atoms with Gasteiger partial charge in [-0.15, -0.1) is 0 Å². The van der Waals surface area contributed by atoms with Crippen LogP contribution in [0.2, 0.25) is 0 Å². The standard InChI is InChI=1S/C16H18F3N5O3/c17-16(18,19)13-8-12(10-2-3-10)24(22-13)6-1-5-20-15(27)11-4-7-23(21-11)9-14(25)26/h4,7-8,10H,1-3,5-6,9H2,(H,20,27)(H,25,26). The van der Waals surface area contributed by atoms with Crippen LogP contribution < -0.4 is 5.32 Å². The molecule has 27 heavy (non-hydrogen) atoms. The number of carbonyl (C=O) groups excluding carboxylic acids is 1. The second-order valence-electron chi connectivity index (χ2n) is 6.35. The zero-order valence-corrected chi connectivity index (χ0v) is 14.2. The molecule has 0 saturated heterocycles. The van der Waals surface area contributed by atoms with Gasteiger partial charge >= 0.3 is 12.1 Å². The van der Waals surface area contributed by atoms with Gasteiger partial charge in [-0.25, -0.2) is 0 Å². The van der Waals surface area contributed by atoms with E-state index in [2.05, 4.69) is 15.5 Å². The maximum atomic E-state index is 12.8. The van der Waals surface area contributed by atoms with Crippen LogP contribution in [0.4, 0.5) is 13.2 Å². The highest BCUT2D eigenvalue weighted by atomic mass is 19.4. The van der Waals surface area contributed by atoms with Crippen LogP contribution in [0.3, 0.4) is 0 Å². The van der Waals surface area contributed by atoms with Crippen LogP contribution in [0.1, 0.15) is 47.1 Å². The Labute approximate surface area is 152 Å². The van der Waals surface area contributed by atoms with Crippen LogP contribution in [0.5, 0.6) is 0 Å². The fraction of sp³-hybridized carbons (Fsp3) is 0.500. The Morgan fingerprint density at radius 1 is 1.30 bits per heavy atom. The third kappa shape index (κ3) is 4.86. The highest BCUT2D eigenvalue weighted by Gasteiger charge is 2.37. The Kier molecular flexibility index (Phi) is 5.19. The smallest absolute Gasteiger partial charge is 0.435 e. The van der Waals surface area contributed by atoms with E-state index in [-0.39, 0.29) is 31.2 Å². The highest BCUT2D eigenvalue weighted by Crippen LogP contribution is 2.42. The van der Waals surface area contributed by atoms with Gasteiger partial charge in [0.2, 0.25) is 0 Å². The molecule has 0 spiro atoms. The lowest BCUT2D eigenvalue weighted by molar-refractivity contribution is -0.141. The van der Waals surface area contributed by atoms with Gasteiger partial charge in [0.1, 0.15) is 12.2 Å². The summed E-state index contributed by atoms with van der Waals surface area (Å²) in [7, 11) is 0. The van der Waals surface area contributed by atoms with Crippen LogP contribution in [0.25, 0.3) is 0 Å². The quantitative estimate of drug-likeness (QED) is 0.676. The lowest BCUT2D eigenvalue weighted by Gasteiger charge is -2.07. The fourth-order valence-electron chi connectivity index (χ4n) is 2.69. The predicted octanol–water partition coefficient (Wildman–Crippen LogP) is 1.88. The fourth-order valence-corrected chi connectivity index (χ4v) is 2.69. The molecule has 0 radical (unpaired) electrons. The number of carboxylic acid groups (broad SMARTS) is 1.